The van der Waals surface area contributed by atoms with Crippen LogP contribution in [0.1, 0.15) is 284 Å². The molecule has 0 aliphatic rings. The van der Waals surface area contributed by atoms with Gasteiger partial charge in [0.25, 0.3) is 0 Å². The van der Waals surface area contributed by atoms with Crippen LogP contribution < -0.4 is 0 Å². The fourth-order valence-electron chi connectivity index (χ4n) is 8.74. The topological polar surface area (TPSA) is 78.9 Å². The van der Waals surface area contributed by atoms with Crippen LogP contribution in [0.4, 0.5) is 0 Å². The fraction of sp³-hybridized carbons (Fsp3) is 0.635. The minimum atomic E-state index is -0.798. The maximum Gasteiger partial charge on any atom is 0.306 e. The first kappa shape index (κ1) is 75.3. The molecule has 1 atom stereocenters. The van der Waals surface area contributed by atoms with Gasteiger partial charge in [-0.1, -0.05) is 289 Å². The van der Waals surface area contributed by atoms with Gasteiger partial charge in [0.05, 0.1) is 0 Å². The van der Waals surface area contributed by atoms with Crippen LogP contribution in [0.3, 0.4) is 0 Å². The van der Waals surface area contributed by atoms with Crippen LogP contribution in [-0.2, 0) is 28.6 Å². The Balaban J connectivity index is 4.15. The zero-order valence-corrected chi connectivity index (χ0v) is 51.8. The molecule has 0 aliphatic carbocycles. The normalized spacial score (nSPS) is 13.1. The molecule has 0 rings (SSSR count). The Labute approximate surface area is 493 Å². The molecule has 1 unspecified atom stereocenters. The van der Waals surface area contributed by atoms with E-state index < -0.39 is 6.10 Å². The minimum absolute atomic E-state index is 0.0932. The van der Waals surface area contributed by atoms with Gasteiger partial charge in [-0.25, -0.2) is 0 Å². The summed E-state index contributed by atoms with van der Waals surface area (Å²) in [5.74, 6) is -0.931. The van der Waals surface area contributed by atoms with E-state index in [1.807, 2.05) is 0 Å². The molecule has 0 N–H and O–H groups in total. The van der Waals surface area contributed by atoms with Gasteiger partial charge in [0.2, 0.25) is 0 Å². The third-order valence-corrected chi connectivity index (χ3v) is 13.6. The minimum Gasteiger partial charge on any atom is -0.462 e. The van der Waals surface area contributed by atoms with E-state index in [-0.39, 0.29) is 37.5 Å². The molecule has 0 spiro atoms. The Morgan fingerprint density at radius 2 is 0.487 bits per heavy atom. The van der Waals surface area contributed by atoms with E-state index >= 15 is 0 Å². The zero-order valence-electron chi connectivity index (χ0n) is 51.8. The molecule has 0 fully saturated rings. The van der Waals surface area contributed by atoms with E-state index in [0.717, 1.165) is 141 Å². The summed E-state index contributed by atoms with van der Waals surface area (Å²) in [5, 5.41) is 0. The van der Waals surface area contributed by atoms with Crippen LogP contribution in [0.15, 0.2) is 146 Å². The summed E-state index contributed by atoms with van der Waals surface area (Å²) in [6.07, 6.45) is 96.0. The Morgan fingerprint density at radius 1 is 0.263 bits per heavy atom. The van der Waals surface area contributed by atoms with E-state index in [2.05, 4.69) is 167 Å². The van der Waals surface area contributed by atoms with Gasteiger partial charge < -0.3 is 14.2 Å². The molecule has 0 saturated heterocycles. The highest BCUT2D eigenvalue weighted by Crippen LogP contribution is 2.16. The van der Waals surface area contributed by atoms with E-state index in [1.54, 1.807) is 0 Å². The molecule has 0 aromatic rings. The lowest BCUT2D eigenvalue weighted by Gasteiger charge is -2.18. The lowest BCUT2D eigenvalue weighted by molar-refractivity contribution is -0.167. The van der Waals surface area contributed by atoms with Gasteiger partial charge in [-0.2, -0.15) is 0 Å². The summed E-state index contributed by atoms with van der Waals surface area (Å²) in [4.78, 5) is 38.1. The van der Waals surface area contributed by atoms with Gasteiger partial charge in [-0.3, -0.25) is 14.4 Å². The number of unbranched alkanes of at least 4 members (excludes halogenated alkanes) is 23. The van der Waals surface area contributed by atoms with Crippen LogP contribution in [0.2, 0.25) is 0 Å². The van der Waals surface area contributed by atoms with Crippen molar-refractivity contribution in [2.24, 2.45) is 0 Å². The first-order chi connectivity index (χ1) is 39.5. The van der Waals surface area contributed by atoms with Crippen molar-refractivity contribution in [1.29, 1.82) is 0 Å². The van der Waals surface area contributed by atoms with Crippen molar-refractivity contribution >= 4 is 17.9 Å². The Bertz CT molecular complexity index is 1750. The summed E-state index contributed by atoms with van der Waals surface area (Å²) in [5.41, 5.74) is 0. The number of esters is 3. The quantitative estimate of drug-likeness (QED) is 0.0261. The molecule has 0 radical (unpaired) electrons. The smallest absolute Gasteiger partial charge is 0.306 e. The predicted octanol–water partition coefficient (Wildman–Crippen LogP) is 22.7. The number of hydrogen-bond donors (Lipinski definition) is 0. The number of ether oxygens (including phenoxy) is 3. The van der Waals surface area contributed by atoms with Crippen LogP contribution in [-0.4, -0.2) is 37.2 Å². The third kappa shape index (κ3) is 64.1. The average Bonchev–Trinajstić information content (AvgIpc) is 3.46. The molecule has 0 bridgehead atoms. The summed E-state index contributed by atoms with van der Waals surface area (Å²) < 4.78 is 16.8. The monoisotopic (exact) mass is 1100 g/mol. The van der Waals surface area contributed by atoms with Crippen molar-refractivity contribution in [1.82, 2.24) is 0 Å². The second kappa shape index (κ2) is 66.8. The number of allylic oxidation sites excluding steroid dienone is 24. The van der Waals surface area contributed by atoms with Crippen molar-refractivity contribution in [3.63, 3.8) is 0 Å². The predicted molar refractivity (Wildman–Crippen MR) is 348 cm³/mol. The molecule has 6 heteroatoms. The van der Waals surface area contributed by atoms with Gasteiger partial charge in [-0.15, -0.1) is 0 Å². The van der Waals surface area contributed by atoms with Crippen LogP contribution in [0, 0.1) is 0 Å². The largest absolute Gasteiger partial charge is 0.462 e. The molecule has 80 heavy (non-hydrogen) atoms. The molecule has 0 aliphatic heterocycles. The van der Waals surface area contributed by atoms with E-state index in [0.29, 0.717) is 12.8 Å². The van der Waals surface area contributed by atoms with Gasteiger partial charge >= 0.3 is 17.9 Å². The maximum absolute atomic E-state index is 12.9. The van der Waals surface area contributed by atoms with Crippen LogP contribution >= 0.6 is 0 Å². The Kier molecular flexibility index (Phi) is 62.9. The highest BCUT2D eigenvalue weighted by molar-refractivity contribution is 5.71. The van der Waals surface area contributed by atoms with Crippen molar-refractivity contribution < 1.29 is 28.6 Å². The van der Waals surface area contributed by atoms with Crippen molar-refractivity contribution in [3.8, 4) is 0 Å². The van der Waals surface area contributed by atoms with E-state index in [1.165, 1.54) is 103 Å². The first-order valence-corrected chi connectivity index (χ1v) is 32.8. The van der Waals surface area contributed by atoms with Crippen LogP contribution in [0.5, 0.6) is 0 Å². The standard InChI is InChI=1S/C74H120O6/c1-4-7-10-13-16-19-21-23-25-27-29-30-31-32-33-34-35-36-37-38-39-40-41-42-43-44-46-47-49-51-53-55-58-61-64-67-73(76)79-70-71(69-78-72(75)66-63-60-57-18-15-12-9-6-3)80-74(77)68-65-62-59-56-54-52-50-48-45-28-26-24-22-20-17-14-11-8-5-2/h7-8,10-11,16-17,19-20,23-26,29-30,32-33,35-36,38-39,45,48,52,54,71H,4-6,9,12-15,18,21-22,27-28,31,34,37,40-44,46-47,49-51,53,55-70H2,1-3H3/b10-7-,11-8-,19-16-,20-17-,25-23-,26-24-,30-29-,33-32-,36-35-,39-38-,48-45-,54-52-. The molecular weight excluding hydrogens is 985 g/mol. The Morgan fingerprint density at radius 3 is 0.775 bits per heavy atom. The SMILES string of the molecule is CC/C=C\C/C=C\C/C=C\C/C=C\C/C=C\C/C=C\C/C=C\CCCCCCCCCCCCCCCC(=O)OCC(COC(=O)CCCCCCCCCC)OC(=O)CCCCC/C=C\C/C=C\C/C=C\C/C=C\C/C=C\CC. The lowest BCUT2D eigenvalue weighted by Crippen LogP contribution is -2.30. The van der Waals surface area contributed by atoms with Crippen molar-refractivity contribution in [2.75, 3.05) is 13.2 Å². The molecule has 0 saturated carbocycles. The fourth-order valence-corrected chi connectivity index (χ4v) is 8.74. The summed E-state index contributed by atoms with van der Waals surface area (Å²) in [7, 11) is 0. The molecule has 0 heterocycles. The molecule has 0 aromatic carbocycles. The third-order valence-electron chi connectivity index (χ3n) is 13.6. The second-order valence-electron chi connectivity index (χ2n) is 21.3. The maximum atomic E-state index is 12.9. The van der Waals surface area contributed by atoms with Crippen molar-refractivity contribution in [3.05, 3.63) is 146 Å². The van der Waals surface area contributed by atoms with Gasteiger partial charge in [0.1, 0.15) is 13.2 Å². The number of hydrogen-bond acceptors (Lipinski definition) is 6. The van der Waals surface area contributed by atoms with Gasteiger partial charge in [0.15, 0.2) is 6.10 Å². The number of carbonyl (C=O) groups is 3. The number of rotatable bonds is 58. The zero-order chi connectivity index (χ0) is 57.8. The molecule has 0 amide bonds. The summed E-state index contributed by atoms with van der Waals surface area (Å²) in [6.45, 7) is 6.36. The van der Waals surface area contributed by atoms with Crippen LogP contribution in [0.25, 0.3) is 0 Å². The van der Waals surface area contributed by atoms with Crippen molar-refractivity contribution in [2.45, 2.75) is 290 Å². The lowest BCUT2D eigenvalue weighted by atomic mass is 10.0. The molecule has 6 nitrogen and oxygen atoms in total. The molecular formula is C74H120O6. The number of carbonyl (C=O) groups excluding carboxylic acids is 3. The van der Waals surface area contributed by atoms with Gasteiger partial charge in [-0.05, 0) is 122 Å². The average molecular weight is 1110 g/mol. The summed E-state index contributed by atoms with van der Waals surface area (Å²) >= 11 is 0. The molecule has 0 aromatic heterocycles. The van der Waals surface area contributed by atoms with E-state index in [4.69, 9.17) is 14.2 Å². The molecule has 452 valence electrons. The second-order valence-corrected chi connectivity index (χ2v) is 21.3. The van der Waals surface area contributed by atoms with Gasteiger partial charge in [0, 0.05) is 19.3 Å². The highest BCUT2D eigenvalue weighted by atomic mass is 16.6. The first-order valence-electron chi connectivity index (χ1n) is 32.8. The van der Waals surface area contributed by atoms with E-state index in [9.17, 15) is 14.4 Å². The highest BCUT2D eigenvalue weighted by Gasteiger charge is 2.19. The Hall–Kier alpha value is -4.71. The summed E-state index contributed by atoms with van der Waals surface area (Å²) in [6, 6.07) is 0.